The minimum absolute atomic E-state index is 0.0185. The van der Waals surface area contributed by atoms with Crippen LogP contribution in [0.5, 0.6) is 0 Å². The van der Waals surface area contributed by atoms with Gasteiger partial charge in [-0.2, -0.15) is 0 Å². The summed E-state index contributed by atoms with van der Waals surface area (Å²) < 4.78 is 4.44. The molecule has 4 N–H and O–H groups in total. The summed E-state index contributed by atoms with van der Waals surface area (Å²) in [6.45, 7) is 8.50. The van der Waals surface area contributed by atoms with Gasteiger partial charge in [0, 0.05) is 17.1 Å². The molecule has 1 aliphatic rings. The highest BCUT2D eigenvalue weighted by Crippen LogP contribution is 2.28. The molecule has 0 atom stereocenters. The Morgan fingerprint density at radius 2 is 1.89 bits per heavy atom. The van der Waals surface area contributed by atoms with Gasteiger partial charge in [0.25, 0.3) is 5.91 Å². The fourth-order valence-electron chi connectivity index (χ4n) is 3.03. The van der Waals surface area contributed by atoms with Crippen LogP contribution in [0.4, 0.5) is 5.82 Å². The number of anilines is 1. The topological polar surface area (TPSA) is 106 Å². The molecule has 0 bridgehead atoms. The van der Waals surface area contributed by atoms with Gasteiger partial charge in [0.05, 0.1) is 0 Å². The molecule has 1 amide bonds. The summed E-state index contributed by atoms with van der Waals surface area (Å²) in [5.74, 6) is -0.317. The largest absolute Gasteiger partial charge is 0.379 e. The van der Waals surface area contributed by atoms with Crippen LogP contribution in [0.2, 0.25) is 0 Å². The molecule has 1 aromatic heterocycles. The molecule has 2 heterocycles. The molecule has 106 valence electrons. The Bertz CT molecular complexity index is 464. The second kappa shape index (κ2) is 4.48. The number of piperidine rings is 1. The van der Waals surface area contributed by atoms with Gasteiger partial charge in [-0.05, 0) is 50.8 Å². The number of rotatable bonds is 2. The van der Waals surface area contributed by atoms with E-state index >= 15 is 0 Å². The number of aromatic nitrogens is 2. The van der Waals surface area contributed by atoms with Crippen molar-refractivity contribution >= 4 is 11.7 Å². The number of nitrogens with two attached hydrogens (primary N) is 1. The van der Waals surface area contributed by atoms with E-state index in [2.05, 4.69) is 53.3 Å². The number of nitrogens with one attached hydrogen (secondary N) is 2. The molecule has 1 saturated heterocycles. The Kier molecular flexibility index (Phi) is 3.25. The zero-order valence-electron chi connectivity index (χ0n) is 11.8. The zero-order chi connectivity index (χ0) is 14.3. The third kappa shape index (κ3) is 3.23. The van der Waals surface area contributed by atoms with E-state index in [4.69, 9.17) is 5.73 Å². The predicted octanol–water partition coefficient (Wildman–Crippen LogP) is 0.691. The van der Waals surface area contributed by atoms with E-state index in [-0.39, 0.29) is 34.5 Å². The maximum Gasteiger partial charge on any atom is 0.277 e. The Morgan fingerprint density at radius 3 is 2.37 bits per heavy atom. The van der Waals surface area contributed by atoms with Crippen LogP contribution in [0.1, 0.15) is 51.0 Å². The van der Waals surface area contributed by atoms with E-state index in [0.717, 1.165) is 12.8 Å². The van der Waals surface area contributed by atoms with Gasteiger partial charge in [0.15, 0.2) is 0 Å². The first-order valence-corrected chi connectivity index (χ1v) is 6.37. The summed E-state index contributed by atoms with van der Waals surface area (Å²) in [4.78, 5) is 12.0. The third-order valence-electron chi connectivity index (χ3n) is 3.25. The number of hydrogen-bond acceptors (Lipinski definition) is 6. The first kappa shape index (κ1) is 13.8. The number of carbonyl (C=O) groups is 1. The van der Waals surface area contributed by atoms with E-state index in [1.54, 1.807) is 0 Å². The Morgan fingerprint density at radius 1 is 1.32 bits per heavy atom. The van der Waals surface area contributed by atoms with Gasteiger partial charge < -0.3 is 16.4 Å². The molecule has 19 heavy (non-hydrogen) atoms. The summed E-state index contributed by atoms with van der Waals surface area (Å²) in [5, 5.41) is 13.4. The van der Waals surface area contributed by atoms with Crippen molar-refractivity contribution in [1.82, 2.24) is 20.9 Å². The van der Waals surface area contributed by atoms with Crippen molar-refractivity contribution in [3.8, 4) is 0 Å². The lowest BCUT2D eigenvalue weighted by Gasteiger charge is -2.46. The molecule has 7 nitrogen and oxygen atoms in total. The van der Waals surface area contributed by atoms with Crippen LogP contribution in [0.15, 0.2) is 4.63 Å². The smallest absolute Gasteiger partial charge is 0.277 e. The fraction of sp³-hybridized carbons (Fsp3) is 0.750. The van der Waals surface area contributed by atoms with Crippen LogP contribution in [-0.4, -0.2) is 33.3 Å². The lowest BCUT2D eigenvalue weighted by Crippen LogP contribution is -2.62. The fourth-order valence-corrected chi connectivity index (χ4v) is 3.03. The van der Waals surface area contributed by atoms with Crippen molar-refractivity contribution in [3.63, 3.8) is 0 Å². The molecule has 2 rings (SSSR count). The standard InChI is InChI=1S/C12H21N5O2/c1-11(2)5-7(6-12(3,4)17-11)14-10(18)8-9(13)16-19-15-8/h7,17H,5-6H2,1-4H3,(H2,13,16)(H,14,18). The van der Waals surface area contributed by atoms with Gasteiger partial charge in [-0.25, -0.2) is 4.63 Å². The molecule has 0 spiro atoms. The number of nitrogen functional groups attached to an aromatic ring is 1. The monoisotopic (exact) mass is 267 g/mol. The molecule has 0 unspecified atom stereocenters. The predicted molar refractivity (Wildman–Crippen MR) is 70.5 cm³/mol. The van der Waals surface area contributed by atoms with Crippen LogP contribution in [0.3, 0.4) is 0 Å². The van der Waals surface area contributed by atoms with E-state index in [9.17, 15) is 4.79 Å². The SMILES string of the molecule is CC1(C)CC(NC(=O)c2nonc2N)CC(C)(C)N1. The molecular formula is C12H21N5O2. The van der Waals surface area contributed by atoms with E-state index in [1.165, 1.54) is 0 Å². The van der Waals surface area contributed by atoms with Crippen molar-refractivity contribution in [3.05, 3.63) is 5.69 Å². The van der Waals surface area contributed by atoms with E-state index < -0.39 is 0 Å². The molecule has 0 saturated carbocycles. The Hall–Kier alpha value is -1.63. The molecular weight excluding hydrogens is 246 g/mol. The quantitative estimate of drug-likeness (QED) is 0.728. The highest BCUT2D eigenvalue weighted by molar-refractivity contribution is 5.96. The minimum Gasteiger partial charge on any atom is -0.379 e. The van der Waals surface area contributed by atoms with Crippen molar-refractivity contribution in [2.75, 3.05) is 5.73 Å². The highest BCUT2D eigenvalue weighted by atomic mass is 16.6. The second-order valence-electron chi connectivity index (χ2n) is 6.47. The van der Waals surface area contributed by atoms with Crippen LogP contribution < -0.4 is 16.4 Å². The second-order valence-corrected chi connectivity index (χ2v) is 6.47. The molecule has 0 aromatic carbocycles. The van der Waals surface area contributed by atoms with Crippen LogP contribution >= 0.6 is 0 Å². The summed E-state index contributed by atoms with van der Waals surface area (Å²) in [6.07, 6.45) is 1.68. The van der Waals surface area contributed by atoms with E-state index in [0.29, 0.717) is 0 Å². The molecule has 1 aromatic rings. The summed E-state index contributed by atoms with van der Waals surface area (Å²) in [5.41, 5.74) is 5.49. The average molecular weight is 267 g/mol. The lowest BCUT2D eigenvalue weighted by atomic mass is 9.79. The molecule has 1 aliphatic heterocycles. The van der Waals surface area contributed by atoms with E-state index in [1.807, 2.05) is 0 Å². The van der Waals surface area contributed by atoms with Gasteiger partial charge in [-0.3, -0.25) is 4.79 Å². The van der Waals surface area contributed by atoms with Crippen LogP contribution in [0, 0.1) is 0 Å². The minimum atomic E-state index is -0.336. The van der Waals surface area contributed by atoms with Crippen molar-refractivity contribution < 1.29 is 9.42 Å². The van der Waals surface area contributed by atoms with Gasteiger partial charge in [-0.1, -0.05) is 0 Å². The van der Waals surface area contributed by atoms with Crippen molar-refractivity contribution in [1.29, 1.82) is 0 Å². The number of hydrogen-bond donors (Lipinski definition) is 3. The summed E-state index contributed by atoms with van der Waals surface area (Å²) in [7, 11) is 0. The first-order chi connectivity index (χ1) is 8.69. The zero-order valence-corrected chi connectivity index (χ0v) is 11.8. The van der Waals surface area contributed by atoms with Gasteiger partial charge >= 0.3 is 0 Å². The highest BCUT2D eigenvalue weighted by Gasteiger charge is 2.38. The van der Waals surface area contributed by atoms with Crippen LogP contribution in [-0.2, 0) is 0 Å². The van der Waals surface area contributed by atoms with Crippen molar-refractivity contribution in [2.45, 2.75) is 57.7 Å². The Balaban J connectivity index is 2.07. The summed E-state index contributed by atoms with van der Waals surface area (Å²) in [6, 6.07) is 0.0647. The normalized spacial score (nSPS) is 22.1. The molecule has 0 radical (unpaired) electrons. The summed E-state index contributed by atoms with van der Waals surface area (Å²) >= 11 is 0. The van der Waals surface area contributed by atoms with Crippen LogP contribution in [0.25, 0.3) is 0 Å². The number of amides is 1. The maximum atomic E-state index is 12.0. The van der Waals surface area contributed by atoms with Gasteiger partial charge in [-0.15, -0.1) is 0 Å². The average Bonchev–Trinajstić information content (AvgIpc) is 2.58. The number of nitrogens with zero attached hydrogens (tertiary/aromatic N) is 2. The first-order valence-electron chi connectivity index (χ1n) is 6.37. The van der Waals surface area contributed by atoms with Gasteiger partial charge in [0.2, 0.25) is 11.5 Å². The lowest BCUT2D eigenvalue weighted by molar-refractivity contribution is 0.0864. The third-order valence-corrected chi connectivity index (χ3v) is 3.25. The molecule has 1 fully saturated rings. The molecule has 0 aliphatic carbocycles. The van der Waals surface area contributed by atoms with Crippen molar-refractivity contribution in [2.24, 2.45) is 0 Å². The Labute approximate surface area is 112 Å². The van der Waals surface area contributed by atoms with Gasteiger partial charge in [0.1, 0.15) is 0 Å². The maximum absolute atomic E-state index is 12.0. The molecule has 7 heteroatoms. The number of carbonyl (C=O) groups excluding carboxylic acids is 1.